The van der Waals surface area contributed by atoms with Gasteiger partial charge in [-0.3, -0.25) is 25.3 Å². The maximum absolute atomic E-state index is 11.9. The molecule has 0 aliphatic carbocycles. The van der Waals surface area contributed by atoms with E-state index in [-0.39, 0.29) is 11.8 Å². The van der Waals surface area contributed by atoms with E-state index in [2.05, 4.69) is 38.6 Å². The summed E-state index contributed by atoms with van der Waals surface area (Å²) in [5.74, 6) is 0.227. The Morgan fingerprint density at radius 2 is 2.00 bits per heavy atom. The summed E-state index contributed by atoms with van der Waals surface area (Å²) < 4.78 is 0.823. The molecule has 1 heterocycles. The third kappa shape index (κ3) is 5.13. The average Bonchev–Trinajstić information content (AvgIpc) is 2.47. The molecule has 0 aromatic heterocycles. The number of amides is 2. The first-order valence-electron chi connectivity index (χ1n) is 7.11. The van der Waals surface area contributed by atoms with Crippen LogP contribution in [0.2, 0.25) is 0 Å². The van der Waals surface area contributed by atoms with E-state index >= 15 is 0 Å². The number of nitrogens with zero attached hydrogens (tertiary/aromatic N) is 1. The number of carbonyl (C=O) groups is 2. The predicted octanol–water partition coefficient (Wildman–Crippen LogP) is 1.94. The zero-order valence-electron chi connectivity index (χ0n) is 12.1. The lowest BCUT2D eigenvalue weighted by Crippen LogP contribution is -2.47. The van der Waals surface area contributed by atoms with Gasteiger partial charge < -0.3 is 0 Å². The Labute approximate surface area is 133 Å². The summed E-state index contributed by atoms with van der Waals surface area (Å²) in [6, 6.07) is 7.01. The third-order valence-electron chi connectivity index (χ3n) is 3.65. The zero-order chi connectivity index (χ0) is 15.2. The van der Waals surface area contributed by atoms with Gasteiger partial charge in [0.25, 0.3) is 11.8 Å². The number of hydrogen-bond acceptors (Lipinski definition) is 3. The van der Waals surface area contributed by atoms with Crippen molar-refractivity contribution in [2.75, 3.05) is 19.6 Å². The average molecular weight is 354 g/mol. The molecule has 21 heavy (non-hydrogen) atoms. The molecule has 1 aromatic carbocycles. The number of hydrogen-bond donors (Lipinski definition) is 2. The van der Waals surface area contributed by atoms with Crippen molar-refractivity contribution in [2.45, 2.75) is 19.8 Å². The lowest BCUT2D eigenvalue weighted by Gasteiger charge is -2.29. The number of piperidine rings is 1. The van der Waals surface area contributed by atoms with Gasteiger partial charge in [0, 0.05) is 10.0 Å². The van der Waals surface area contributed by atoms with Gasteiger partial charge in [0.1, 0.15) is 0 Å². The van der Waals surface area contributed by atoms with Gasteiger partial charge in [-0.05, 0) is 50.0 Å². The van der Waals surface area contributed by atoms with Crippen LogP contribution in [0.25, 0.3) is 0 Å². The highest BCUT2D eigenvalue weighted by molar-refractivity contribution is 9.10. The Bertz CT molecular complexity index is 513. The number of hydrazine groups is 1. The van der Waals surface area contributed by atoms with Crippen LogP contribution < -0.4 is 10.9 Å². The number of nitrogens with one attached hydrogen (secondary N) is 2. The summed E-state index contributed by atoms with van der Waals surface area (Å²) >= 11 is 3.31. The molecule has 5 nitrogen and oxygen atoms in total. The monoisotopic (exact) mass is 353 g/mol. The number of halogens is 1. The minimum atomic E-state index is -0.322. The van der Waals surface area contributed by atoms with Crippen molar-refractivity contribution < 1.29 is 9.59 Å². The van der Waals surface area contributed by atoms with Gasteiger partial charge in [-0.1, -0.05) is 28.9 Å². The van der Waals surface area contributed by atoms with Crippen LogP contribution in [0.3, 0.4) is 0 Å². The van der Waals surface area contributed by atoms with Crippen LogP contribution in [0.15, 0.2) is 28.7 Å². The Hall–Kier alpha value is -1.40. The second-order valence-corrected chi connectivity index (χ2v) is 6.39. The fourth-order valence-electron chi connectivity index (χ4n) is 2.29. The van der Waals surface area contributed by atoms with Crippen LogP contribution >= 0.6 is 15.9 Å². The fraction of sp³-hybridized carbons (Fsp3) is 0.467. The van der Waals surface area contributed by atoms with E-state index in [1.807, 2.05) is 6.07 Å². The van der Waals surface area contributed by atoms with Gasteiger partial charge >= 0.3 is 0 Å². The molecular weight excluding hydrogens is 334 g/mol. The largest absolute Gasteiger partial charge is 0.294 e. The Balaban J connectivity index is 1.75. The lowest BCUT2D eigenvalue weighted by atomic mass is 9.99. The minimum Gasteiger partial charge on any atom is -0.294 e. The van der Waals surface area contributed by atoms with Crippen LogP contribution in [-0.2, 0) is 4.79 Å². The normalized spacial score (nSPS) is 16.5. The van der Waals surface area contributed by atoms with Crippen molar-refractivity contribution >= 4 is 27.7 Å². The number of rotatable bonds is 3. The van der Waals surface area contributed by atoms with Crippen LogP contribution in [0.1, 0.15) is 30.1 Å². The van der Waals surface area contributed by atoms with Crippen molar-refractivity contribution in [1.82, 2.24) is 15.8 Å². The molecule has 114 valence electrons. The van der Waals surface area contributed by atoms with Gasteiger partial charge in [0.2, 0.25) is 0 Å². The highest BCUT2D eigenvalue weighted by atomic mass is 79.9. The molecule has 1 saturated heterocycles. The van der Waals surface area contributed by atoms with E-state index in [4.69, 9.17) is 0 Å². The molecule has 2 N–H and O–H groups in total. The van der Waals surface area contributed by atoms with Crippen molar-refractivity contribution in [3.05, 3.63) is 34.3 Å². The molecule has 0 bridgehead atoms. The van der Waals surface area contributed by atoms with Crippen molar-refractivity contribution in [3.63, 3.8) is 0 Å². The Morgan fingerprint density at radius 3 is 2.67 bits per heavy atom. The molecule has 1 fully saturated rings. The number of carbonyl (C=O) groups excluding carboxylic acids is 2. The van der Waals surface area contributed by atoms with E-state index in [0.29, 0.717) is 12.1 Å². The quantitative estimate of drug-likeness (QED) is 0.816. The molecule has 2 amide bonds. The molecule has 0 spiro atoms. The molecule has 0 atom stereocenters. The van der Waals surface area contributed by atoms with Crippen molar-refractivity contribution in [3.8, 4) is 0 Å². The first kappa shape index (κ1) is 16.0. The zero-order valence-corrected chi connectivity index (χ0v) is 13.6. The highest BCUT2D eigenvalue weighted by Gasteiger charge is 2.18. The van der Waals surface area contributed by atoms with Crippen LogP contribution in [0.4, 0.5) is 0 Å². The van der Waals surface area contributed by atoms with E-state index in [1.165, 1.54) is 0 Å². The number of likely N-dealkylation sites (tertiary alicyclic amines) is 1. The summed E-state index contributed by atoms with van der Waals surface area (Å²) in [4.78, 5) is 25.8. The van der Waals surface area contributed by atoms with E-state index in [9.17, 15) is 9.59 Å². The first-order valence-corrected chi connectivity index (χ1v) is 7.91. The lowest BCUT2D eigenvalue weighted by molar-refractivity contribution is -0.123. The van der Waals surface area contributed by atoms with Crippen molar-refractivity contribution in [1.29, 1.82) is 0 Å². The highest BCUT2D eigenvalue weighted by Crippen LogP contribution is 2.15. The van der Waals surface area contributed by atoms with Crippen molar-refractivity contribution in [2.24, 2.45) is 5.92 Å². The van der Waals surface area contributed by atoms with E-state index in [1.54, 1.807) is 18.2 Å². The summed E-state index contributed by atoms with van der Waals surface area (Å²) in [5, 5.41) is 0. The van der Waals surface area contributed by atoms with Gasteiger partial charge in [0.15, 0.2) is 0 Å². The Kier molecular flexibility index (Phi) is 5.76. The summed E-state index contributed by atoms with van der Waals surface area (Å²) in [5.41, 5.74) is 5.40. The van der Waals surface area contributed by atoms with E-state index < -0.39 is 0 Å². The Morgan fingerprint density at radius 1 is 1.29 bits per heavy atom. The smallest absolute Gasteiger partial charge is 0.269 e. The summed E-state index contributed by atoms with van der Waals surface area (Å²) in [7, 11) is 0. The predicted molar refractivity (Wildman–Crippen MR) is 84.6 cm³/mol. The minimum absolute atomic E-state index is 0.187. The second kappa shape index (κ2) is 7.56. The maximum Gasteiger partial charge on any atom is 0.269 e. The van der Waals surface area contributed by atoms with E-state index in [0.717, 1.165) is 36.3 Å². The van der Waals surface area contributed by atoms with Crippen LogP contribution in [-0.4, -0.2) is 36.3 Å². The van der Waals surface area contributed by atoms with Crippen LogP contribution in [0.5, 0.6) is 0 Å². The second-order valence-electron chi connectivity index (χ2n) is 5.47. The molecule has 1 aromatic rings. The summed E-state index contributed by atoms with van der Waals surface area (Å²) in [6.45, 7) is 4.43. The van der Waals surface area contributed by atoms with Gasteiger partial charge in [-0.25, -0.2) is 0 Å². The molecule has 0 saturated carbocycles. The van der Waals surface area contributed by atoms with Gasteiger partial charge in [-0.2, -0.15) is 0 Å². The maximum atomic E-state index is 11.9. The fourth-order valence-corrected chi connectivity index (χ4v) is 2.69. The standard InChI is InChI=1S/C15H20BrN3O2/c1-11-5-7-19(8-6-11)10-14(20)17-18-15(21)12-3-2-4-13(16)9-12/h2-4,9,11H,5-8,10H2,1H3,(H,17,20)(H,18,21). The summed E-state index contributed by atoms with van der Waals surface area (Å²) in [6.07, 6.45) is 2.25. The van der Waals surface area contributed by atoms with Gasteiger partial charge in [-0.15, -0.1) is 0 Å². The molecule has 6 heteroatoms. The molecule has 1 aliphatic rings. The number of benzene rings is 1. The first-order chi connectivity index (χ1) is 10.0. The molecule has 0 radical (unpaired) electrons. The topological polar surface area (TPSA) is 61.4 Å². The molecule has 2 rings (SSSR count). The molecule has 0 unspecified atom stereocenters. The SMILES string of the molecule is CC1CCN(CC(=O)NNC(=O)c2cccc(Br)c2)CC1. The molecule has 1 aliphatic heterocycles. The third-order valence-corrected chi connectivity index (χ3v) is 4.14. The molecular formula is C15H20BrN3O2. The van der Waals surface area contributed by atoms with Gasteiger partial charge in [0.05, 0.1) is 6.54 Å². The van der Waals surface area contributed by atoms with Crippen LogP contribution in [0, 0.1) is 5.92 Å².